The molecule has 0 atom stereocenters. The number of oxazole rings is 1. The number of benzene rings is 2. The Hall–Kier alpha value is -3.74. The molecule has 0 aliphatic rings. The first kappa shape index (κ1) is 16.7. The maximum atomic E-state index is 12.6. The second kappa shape index (κ2) is 6.87. The fourth-order valence-corrected chi connectivity index (χ4v) is 2.69. The third kappa shape index (κ3) is 3.35. The molecule has 7 nitrogen and oxygen atoms in total. The van der Waals surface area contributed by atoms with Crippen LogP contribution in [0.1, 0.15) is 23.3 Å². The molecule has 0 saturated heterocycles. The molecule has 0 bridgehead atoms. The van der Waals surface area contributed by atoms with Gasteiger partial charge in [-0.25, -0.2) is 4.98 Å². The summed E-state index contributed by atoms with van der Waals surface area (Å²) >= 11 is 0. The van der Waals surface area contributed by atoms with Gasteiger partial charge in [0.25, 0.3) is 11.5 Å². The number of nitrogens with one attached hydrogen (secondary N) is 1. The normalized spacial score (nSPS) is 10.9. The summed E-state index contributed by atoms with van der Waals surface area (Å²) in [6.45, 7) is 1.96. The second-order valence-corrected chi connectivity index (χ2v) is 5.90. The first-order valence-electron chi connectivity index (χ1n) is 8.50. The van der Waals surface area contributed by atoms with Crippen molar-refractivity contribution in [3.05, 3.63) is 82.6 Å². The van der Waals surface area contributed by atoms with Gasteiger partial charge in [0.05, 0.1) is 5.69 Å². The van der Waals surface area contributed by atoms with Gasteiger partial charge >= 0.3 is 0 Å². The predicted octanol–water partition coefficient (Wildman–Crippen LogP) is 3.19. The van der Waals surface area contributed by atoms with Gasteiger partial charge in [-0.3, -0.25) is 9.59 Å². The molecule has 0 aliphatic carbocycles. The van der Waals surface area contributed by atoms with Crippen molar-refractivity contribution in [3.8, 4) is 5.69 Å². The number of carbonyl (C=O) groups excluding carboxylic acids is 1. The minimum Gasteiger partial charge on any atom is -0.441 e. The summed E-state index contributed by atoms with van der Waals surface area (Å²) < 4.78 is 6.76. The van der Waals surface area contributed by atoms with Crippen LogP contribution >= 0.6 is 0 Å². The fourth-order valence-electron chi connectivity index (χ4n) is 2.69. The molecule has 2 heterocycles. The molecule has 0 unspecified atom stereocenters. The molecular weight excluding hydrogens is 344 g/mol. The molecule has 4 rings (SSSR count). The second-order valence-electron chi connectivity index (χ2n) is 5.90. The molecule has 0 saturated carbocycles. The van der Waals surface area contributed by atoms with Crippen LogP contribution in [-0.4, -0.2) is 20.7 Å². The lowest BCUT2D eigenvalue weighted by molar-refractivity contribution is 0.102. The van der Waals surface area contributed by atoms with Gasteiger partial charge in [0.1, 0.15) is 11.2 Å². The maximum Gasteiger partial charge on any atom is 0.276 e. The highest BCUT2D eigenvalue weighted by atomic mass is 16.3. The van der Waals surface area contributed by atoms with Gasteiger partial charge in [-0.15, -0.1) is 0 Å². The highest BCUT2D eigenvalue weighted by Crippen LogP contribution is 2.20. The Kier molecular flexibility index (Phi) is 4.25. The summed E-state index contributed by atoms with van der Waals surface area (Å²) in [5.74, 6) is 0.225. The number of aromatic nitrogens is 3. The topological polar surface area (TPSA) is 90.0 Å². The van der Waals surface area contributed by atoms with E-state index >= 15 is 0 Å². The summed E-state index contributed by atoms with van der Waals surface area (Å²) in [7, 11) is 0. The number of hydrogen-bond acceptors (Lipinski definition) is 5. The number of aryl methyl sites for hydroxylation is 1. The molecule has 7 heteroatoms. The third-order valence-corrected chi connectivity index (χ3v) is 4.03. The fraction of sp³-hybridized carbons (Fsp3) is 0.100. The zero-order valence-electron chi connectivity index (χ0n) is 14.5. The van der Waals surface area contributed by atoms with E-state index in [9.17, 15) is 9.59 Å². The number of para-hydroxylation sites is 1. The van der Waals surface area contributed by atoms with Crippen LogP contribution in [-0.2, 0) is 6.42 Å². The number of rotatable bonds is 4. The SMILES string of the molecule is CCc1nc2cc(NC(=O)c3ccc(=O)n(-c4ccccc4)n3)ccc2o1. The molecule has 134 valence electrons. The van der Waals surface area contributed by atoms with E-state index in [0.717, 1.165) is 0 Å². The van der Waals surface area contributed by atoms with E-state index in [1.165, 1.54) is 16.8 Å². The van der Waals surface area contributed by atoms with E-state index in [2.05, 4.69) is 15.4 Å². The average Bonchev–Trinajstić information content (AvgIpc) is 3.11. The number of anilines is 1. The Balaban J connectivity index is 1.62. The average molecular weight is 360 g/mol. The molecule has 1 N–H and O–H groups in total. The van der Waals surface area contributed by atoms with Crippen LogP contribution in [0.2, 0.25) is 0 Å². The van der Waals surface area contributed by atoms with Crippen molar-refractivity contribution in [1.29, 1.82) is 0 Å². The highest BCUT2D eigenvalue weighted by Gasteiger charge is 2.12. The Labute approximate surface area is 154 Å². The summed E-state index contributed by atoms with van der Waals surface area (Å²) in [6, 6.07) is 16.9. The number of nitrogens with zero attached hydrogens (tertiary/aromatic N) is 3. The minimum atomic E-state index is -0.418. The molecule has 2 aromatic heterocycles. The van der Waals surface area contributed by atoms with Crippen LogP contribution in [0, 0.1) is 0 Å². The van der Waals surface area contributed by atoms with E-state index in [1.807, 2.05) is 13.0 Å². The standard InChI is InChI=1S/C20H16N4O3/c1-2-18-22-16-12-13(8-10-17(16)27-18)21-20(26)15-9-11-19(25)24(23-15)14-6-4-3-5-7-14/h3-12H,2H2,1H3,(H,21,26). The smallest absolute Gasteiger partial charge is 0.276 e. The third-order valence-electron chi connectivity index (χ3n) is 4.03. The monoisotopic (exact) mass is 360 g/mol. The molecule has 1 amide bonds. The van der Waals surface area contributed by atoms with Crippen LogP contribution in [0.25, 0.3) is 16.8 Å². The van der Waals surface area contributed by atoms with Gasteiger partial charge < -0.3 is 9.73 Å². The van der Waals surface area contributed by atoms with Crippen molar-refractivity contribution < 1.29 is 9.21 Å². The van der Waals surface area contributed by atoms with Crippen molar-refractivity contribution in [1.82, 2.24) is 14.8 Å². The van der Waals surface area contributed by atoms with E-state index in [-0.39, 0.29) is 11.3 Å². The molecule has 0 radical (unpaired) electrons. The van der Waals surface area contributed by atoms with Crippen LogP contribution < -0.4 is 10.9 Å². The van der Waals surface area contributed by atoms with E-state index in [1.54, 1.807) is 42.5 Å². The summed E-state index contributed by atoms with van der Waals surface area (Å²) in [5, 5.41) is 6.95. The van der Waals surface area contributed by atoms with E-state index in [4.69, 9.17) is 4.42 Å². The number of hydrogen-bond donors (Lipinski definition) is 1. The minimum absolute atomic E-state index is 0.132. The molecule has 0 fully saturated rings. The van der Waals surface area contributed by atoms with E-state index < -0.39 is 5.91 Å². The largest absolute Gasteiger partial charge is 0.441 e. The molecule has 0 spiro atoms. The van der Waals surface area contributed by atoms with Crippen molar-refractivity contribution in [3.63, 3.8) is 0 Å². The summed E-state index contributed by atoms with van der Waals surface area (Å²) in [4.78, 5) is 29.0. The van der Waals surface area contributed by atoms with Crippen molar-refractivity contribution in [2.24, 2.45) is 0 Å². The van der Waals surface area contributed by atoms with Crippen LogP contribution in [0.3, 0.4) is 0 Å². The Bertz CT molecular complexity index is 1180. The van der Waals surface area contributed by atoms with E-state index in [0.29, 0.717) is 34.8 Å². The van der Waals surface area contributed by atoms with Gasteiger partial charge in [0, 0.05) is 18.2 Å². The Morgan fingerprint density at radius 1 is 1.11 bits per heavy atom. The van der Waals surface area contributed by atoms with Crippen LogP contribution in [0.15, 0.2) is 69.9 Å². The molecular formula is C20H16N4O3. The van der Waals surface area contributed by atoms with Gasteiger partial charge in [-0.05, 0) is 36.4 Å². The quantitative estimate of drug-likeness (QED) is 0.604. The molecule has 2 aromatic carbocycles. The number of fused-ring (bicyclic) bond motifs is 1. The van der Waals surface area contributed by atoms with Gasteiger partial charge in [0.15, 0.2) is 11.5 Å². The van der Waals surface area contributed by atoms with Crippen LogP contribution in [0.5, 0.6) is 0 Å². The van der Waals surface area contributed by atoms with Crippen molar-refractivity contribution >= 4 is 22.7 Å². The first-order chi connectivity index (χ1) is 13.1. The lowest BCUT2D eigenvalue weighted by Crippen LogP contribution is -2.24. The lowest BCUT2D eigenvalue weighted by Gasteiger charge is -2.07. The zero-order valence-corrected chi connectivity index (χ0v) is 14.5. The van der Waals surface area contributed by atoms with Crippen molar-refractivity contribution in [2.75, 3.05) is 5.32 Å². The Morgan fingerprint density at radius 3 is 2.70 bits per heavy atom. The molecule has 0 aliphatic heterocycles. The molecule has 4 aromatic rings. The Morgan fingerprint density at radius 2 is 1.93 bits per heavy atom. The zero-order chi connectivity index (χ0) is 18.8. The van der Waals surface area contributed by atoms with Gasteiger partial charge in [-0.1, -0.05) is 25.1 Å². The van der Waals surface area contributed by atoms with Gasteiger partial charge in [0.2, 0.25) is 0 Å². The predicted molar refractivity (Wildman–Crippen MR) is 101 cm³/mol. The lowest BCUT2D eigenvalue weighted by atomic mass is 10.2. The first-order valence-corrected chi connectivity index (χ1v) is 8.50. The maximum absolute atomic E-state index is 12.6. The highest BCUT2D eigenvalue weighted by molar-refractivity contribution is 6.03. The number of carbonyl (C=O) groups is 1. The summed E-state index contributed by atoms with van der Waals surface area (Å²) in [6.07, 6.45) is 0.696. The van der Waals surface area contributed by atoms with Gasteiger partial charge in [-0.2, -0.15) is 9.78 Å². The molecule has 27 heavy (non-hydrogen) atoms. The van der Waals surface area contributed by atoms with Crippen LogP contribution in [0.4, 0.5) is 5.69 Å². The number of amides is 1. The van der Waals surface area contributed by atoms with Crippen molar-refractivity contribution in [2.45, 2.75) is 13.3 Å². The summed E-state index contributed by atoms with van der Waals surface area (Å²) in [5.41, 5.74) is 2.32.